The van der Waals surface area contributed by atoms with E-state index in [1.54, 1.807) is 18.7 Å². The van der Waals surface area contributed by atoms with Crippen molar-refractivity contribution in [3.8, 4) is 11.1 Å². The fourth-order valence-electron chi connectivity index (χ4n) is 6.13. The Bertz CT molecular complexity index is 1110. The first-order chi connectivity index (χ1) is 16.2. The Morgan fingerprint density at radius 1 is 1.09 bits per heavy atom. The van der Waals surface area contributed by atoms with Gasteiger partial charge in [0.1, 0.15) is 12.1 Å². The van der Waals surface area contributed by atoms with Crippen LogP contribution in [0, 0.1) is 11.3 Å². The Balaban J connectivity index is 1.24. The predicted octanol–water partition coefficient (Wildman–Crippen LogP) is 4.02. The second kappa shape index (κ2) is 8.15. The molecule has 2 amide bonds. The van der Waals surface area contributed by atoms with Gasteiger partial charge in [-0.15, -0.1) is 0 Å². The smallest absolute Gasteiger partial charge is 0.408 e. The molecule has 178 valence electrons. The maximum absolute atomic E-state index is 13.2. The lowest BCUT2D eigenvalue weighted by Gasteiger charge is -2.31. The van der Waals surface area contributed by atoms with Crippen molar-refractivity contribution >= 4 is 18.0 Å². The molecule has 1 aliphatic heterocycles. The Morgan fingerprint density at radius 2 is 1.71 bits per heavy atom. The molecule has 2 aromatic carbocycles. The third kappa shape index (κ3) is 3.54. The van der Waals surface area contributed by atoms with E-state index in [-0.39, 0.29) is 30.9 Å². The Kier molecular flexibility index (Phi) is 5.38. The van der Waals surface area contributed by atoms with Gasteiger partial charge in [-0.05, 0) is 54.9 Å². The molecular weight excluding hydrogens is 432 g/mol. The average molecular weight is 463 g/mol. The molecule has 7 nitrogen and oxygen atoms in total. The molecule has 2 aromatic rings. The minimum atomic E-state index is -1.21. The van der Waals surface area contributed by atoms with Crippen molar-refractivity contribution in [1.29, 1.82) is 0 Å². The number of carbonyl (C=O) groups excluding carboxylic acids is 2. The number of amides is 2. The van der Waals surface area contributed by atoms with E-state index in [9.17, 15) is 19.5 Å². The Morgan fingerprint density at radius 3 is 2.29 bits per heavy atom. The van der Waals surface area contributed by atoms with Gasteiger partial charge < -0.3 is 20.1 Å². The molecule has 2 N–H and O–H groups in total. The first kappa shape index (κ1) is 22.4. The van der Waals surface area contributed by atoms with Crippen molar-refractivity contribution < 1.29 is 24.2 Å². The summed E-state index contributed by atoms with van der Waals surface area (Å²) >= 11 is 0. The lowest BCUT2D eigenvalue weighted by molar-refractivity contribution is -0.150. The molecule has 1 heterocycles. The Hall–Kier alpha value is -3.35. The summed E-state index contributed by atoms with van der Waals surface area (Å²) in [4.78, 5) is 39.5. The molecule has 2 fully saturated rings. The minimum Gasteiger partial charge on any atom is -0.481 e. The van der Waals surface area contributed by atoms with E-state index >= 15 is 0 Å². The summed E-state index contributed by atoms with van der Waals surface area (Å²) in [7, 11) is 0. The standard InChI is InChI=1S/C27H30N2O5/c1-26(2,23(30)29-14-17-8-7-13-27(17,16-29)24(31)32)28-25(33)34-15-22-20-11-5-3-9-18(20)19-10-4-6-12-21(19)22/h3-6,9-12,17,22H,7-8,13-16H2,1-2H3,(H,28,33)(H,31,32). The number of ether oxygens (including phenoxy) is 1. The van der Waals surface area contributed by atoms with Crippen LogP contribution in [0.1, 0.15) is 50.2 Å². The number of aliphatic carboxylic acids is 1. The molecule has 1 saturated heterocycles. The molecule has 3 aliphatic rings. The summed E-state index contributed by atoms with van der Waals surface area (Å²) in [5, 5.41) is 12.5. The number of rotatable bonds is 5. The van der Waals surface area contributed by atoms with Gasteiger partial charge in [-0.2, -0.15) is 0 Å². The van der Waals surface area contributed by atoms with E-state index in [0.29, 0.717) is 13.0 Å². The number of hydrogen-bond acceptors (Lipinski definition) is 4. The number of carboxylic acid groups (broad SMARTS) is 1. The zero-order chi connectivity index (χ0) is 24.1. The van der Waals surface area contributed by atoms with Crippen LogP contribution in [0.2, 0.25) is 0 Å². The van der Waals surface area contributed by atoms with Crippen LogP contribution in [0.15, 0.2) is 48.5 Å². The van der Waals surface area contributed by atoms with Gasteiger partial charge in [-0.25, -0.2) is 4.79 Å². The van der Waals surface area contributed by atoms with E-state index in [0.717, 1.165) is 35.1 Å². The van der Waals surface area contributed by atoms with Crippen molar-refractivity contribution in [1.82, 2.24) is 10.2 Å². The number of nitrogens with one attached hydrogen (secondary N) is 1. The highest BCUT2D eigenvalue weighted by molar-refractivity contribution is 5.90. The quantitative estimate of drug-likeness (QED) is 0.700. The summed E-state index contributed by atoms with van der Waals surface area (Å²) < 4.78 is 5.61. The molecule has 2 unspecified atom stereocenters. The number of carbonyl (C=O) groups is 3. The van der Waals surface area contributed by atoms with Gasteiger partial charge in [-0.3, -0.25) is 9.59 Å². The van der Waals surface area contributed by atoms with E-state index < -0.39 is 23.0 Å². The first-order valence-electron chi connectivity index (χ1n) is 11.9. The lowest BCUT2D eigenvalue weighted by Crippen LogP contribution is -2.56. The van der Waals surface area contributed by atoms with Crippen molar-refractivity contribution in [2.75, 3.05) is 19.7 Å². The summed E-state index contributed by atoms with van der Waals surface area (Å²) in [6, 6.07) is 16.2. The zero-order valence-corrected chi connectivity index (χ0v) is 19.5. The highest BCUT2D eigenvalue weighted by Crippen LogP contribution is 2.49. The topological polar surface area (TPSA) is 95.9 Å². The van der Waals surface area contributed by atoms with E-state index in [4.69, 9.17) is 4.74 Å². The van der Waals surface area contributed by atoms with Crippen LogP contribution in [0.3, 0.4) is 0 Å². The number of nitrogens with zero attached hydrogens (tertiary/aromatic N) is 1. The van der Waals surface area contributed by atoms with E-state index in [1.807, 2.05) is 24.3 Å². The molecule has 0 bridgehead atoms. The van der Waals surface area contributed by atoms with Gasteiger partial charge in [0.2, 0.25) is 5.91 Å². The van der Waals surface area contributed by atoms with Crippen LogP contribution in [-0.4, -0.2) is 53.2 Å². The van der Waals surface area contributed by atoms with Crippen molar-refractivity contribution in [2.45, 2.75) is 44.6 Å². The molecule has 2 aliphatic carbocycles. The fourth-order valence-corrected chi connectivity index (χ4v) is 6.13. The normalized spacial score (nSPS) is 23.2. The van der Waals surface area contributed by atoms with Gasteiger partial charge >= 0.3 is 12.1 Å². The fraction of sp³-hybridized carbons (Fsp3) is 0.444. The Labute approximate surface area is 199 Å². The maximum atomic E-state index is 13.2. The largest absolute Gasteiger partial charge is 0.481 e. The first-order valence-corrected chi connectivity index (χ1v) is 11.9. The minimum absolute atomic E-state index is 0.0285. The molecule has 7 heteroatoms. The second-order valence-electron chi connectivity index (χ2n) is 10.3. The molecule has 2 atom stereocenters. The van der Waals surface area contributed by atoms with Crippen molar-refractivity contribution in [3.63, 3.8) is 0 Å². The predicted molar refractivity (Wildman–Crippen MR) is 126 cm³/mol. The highest BCUT2D eigenvalue weighted by Gasteiger charge is 2.57. The molecule has 34 heavy (non-hydrogen) atoms. The van der Waals surface area contributed by atoms with Crippen LogP contribution in [-0.2, 0) is 14.3 Å². The molecule has 0 aromatic heterocycles. The van der Waals surface area contributed by atoms with Crippen LogP contribution in [0.5, 0.6) is 0 Å². The summed E-state index contributed by atoms with van der Waals surface area (Å²) in [5.41, 5.74) is 2.48. The summed E-state index contributed by atoms with van der Waals surface area (Å²) in [6.07, 6.45) is 1.63. The van der Waals surface area contributed by atoms with Gasteiger partial charge in [0.05, 0.1) is 5.41 Å². The van der Waals surface area contributed by atoms with Crippen LogP contribution < -0.4 is 5.32 Å². The van der Waals surface area contributed by atoms with Crippen LogP contribution in [0.25, 0.3) is 11.1 Å². The van der Waals surface area contributed by atoms with Crippen LogP contribution in [0.4, 0.5) is 4.79 Å². The SMILES string of the molecule is CC(C)(NC(=O)OCC1c2ccccc2-c2ccccc21)C(=O)N1CC2CCCC2(C(=O)O)C1. The number of likely N-dealkylation sites (tertiary alicyclic amines) is 1. The van der Waals surface area contributed by atoms with Gasteiger partial charge in [0.25, 0.3) is 0 Å². The van der Waals surface area contributed by atoms with E-state index in [2.05, 4.69) is 29.6 Å². The number of alkyl carbamates (subject to hydrolysis) is 1. The third-order valence-corrected chi connectivity index (χ3v) is 7.88. The summed E-state index contributed by atoms with van der Waals surface area (Å²) in [5.74, 6) is -1.20. The number of hydrogen-bond donors (Lipinski definition) is 2. The maximum Gasteiger partial charge on any atom is 0.408 e. The summed E-state index contributed by atoms with van der Waals surface area (Å²) in [6.45, 7) is 4.05. The van der Waals surface area contributed by atoms with Gasteiger partial charge in [0.15, 0.2) is 0 Å². The van der Waals surface area contributed by atoms with E-state index in [1.165, 1.54) is 0 Å². The zero-order valence-electron chi connectivity index (χ0n) is 19.5. The van der Waals surface area contributed by atoms with Crippen LogP contribution >= 0.6 is 0 Å². The molecule has 0 radical (unpaired) electrons. The third-order valence-electron chi connectivity index (χ3n) is 7.88. The van der Waals surface area contributed by atoms with Gasteiger partial charge in [0, 0.05) is 19.0 Å². The lowest BCUT2D eigenvalue weighted by atomic mass is 9.81. The number of fused-ring (bicyclic) bond motifs is 4. The molecule has 0 spiro atoms. The monoisotopic (exact) mass is 462 g/mol. The highest BCUT2D eigenvalue weighted by atomic mass is 16.5. The second-order valence-corrected chi connectivity index (χ2v) is 10.3. The molecule has 5 rings (SSSR count). The van der Waals surface area contributed by atoms with Crippen molar-refractivity contribution in [2.24, 2.45) is 11.3 Å². The molecular formula is C27H30N2O5. The van der Waals surface area contributed by atoms with Gasteiger partial charge in [-0.1, -0.05) is 55.0 Å². The number of benzene rings is 2. The number of carboxylic acids is 1. The van der Waals surface area contributed by atoms with Crippen molar-refractivity contribution in [3.05, 3.63) is 59.7 Å². The average Bonchev–Trinajstić information content (AvgIpc) is 3.47. The molecule has 1 saturated carbocycles.